The largest absolute Gasteiger partial charge is 0.334 e. The van der Waals surface area contributed by atoms with Crippen molar-refractivity contribution < 1.29 is 4.79 Å². The predicted molar refractivity (Wildman–Crippen MR) is 85.9 cm³/mol. The topological polar surface area (TPSA) is 23.6 Å². The molecule has 1 fully saturated rings. The van der Waals surface area contributed by atoms with E-state index in [1.807, 2.05) is 0 Å². The molecule has 1 amide bonds. The minimum Gasteiger partial charge on any atom is -0.334 e. The Morgan fingerprint density at radius 2 is 1.45 bits per heavy atom. The number of amides is 1. The van der Waals surface area contributed by atoms with Gasteiger partial charge in [0.1, 0.15) is 5.54 Å². The summed E-state index contributed by atoms with van der Waals surface area (Å²) < 4.78 is 0. The lowest BCUT2D eigenvalue weighted by molar-refractivity contribution is -0.173. The second-order valence-electron chi connectivity index (χ2n) is 7.29. The molecule has 0 saturated carbocycles. The third-order valence-corrected chi connectivity index (χ3v) is 5.74. The van der Waals surface area contributed by atoms with Crippen molar-refractivity contribution in [3.63, 3.8) is 0 Å². The molecular formula is C17H34N2O. The van der Waals surface area contributed by atoms with Crippen LogP contribution in [0.3, 0.4) is 0 Å². The van der Waals surface area contributed by atoms with Crippen LogP contribution < -0.4 is 0 Å². The van der Waals surface area contributed by atoms with Crippen LogP contribution in [0.25, 0.3) is 0 Å². The van der Waals surface area contributed by atoms with Crippen LogP contribution in [0.5, 0.6) is 0 Å². The van der Waals surface area contributed by atoms with Crippen molar-refractivity contribution in [2.24, 2.45) is 0 Å². The minimum atomic E-state index is -0.336. The smallest absolute Gasteiger partial charge is 0.243 e. The summed E-state index contributed by atoms with van der Waals surface area (Å²) >= 11 is 0. The van der Waals surface area contributed by atoms with Gasteiger partial charge in [-0.25, -0.2) is 0 Å². The third kappa shape index (κ3) is 2.38. The van der Waals surface area contributed by atoms with Crippen LogP contribution in [0.4, 0.5) is 0 Å². The van der Waals surface area contributed by atoms with Gasteiger partial charge in [0, 0.05) is 17.6 Å². The molecule has 1 rings (SSSR count). The number of rotatable bonds is 4. The van der Waals surface area contributed by atoms with Gasteiger partial charge in [0.15, 0.2) is 0 Å². The van der Waals surface area contributed by atoms with Crippen LogP contribution in [0.1, 0.15) is 74.1 Å². The summed E-state index contributed by atoms with van der Waals surface area (Å²) in [5.41, 5.74) is -0.339. The lowest BCUT2D eigenvalue weighted by atomic mass is 9.76. The lowest BCUT2D eigenvalue weighted by Crippen LogP contribution is -2.75. The molecule has 0 aliphatic carbocycles. The van der Waals surface area contributed by atoms with E-state index < -0.39 is 0 Å². The summed E-state index contributed by atoms with van der Waals surface area (Å²) in [6, 6.07) is 0. The molecule has 20 heavy (non-hydrogen) atoms. The van der Waals surface area contributed by atoms with Crippen LogP contribution in [0.2, 0.25) is 0 Å². The number of carbonyl (C=O) groups excluding carboxylic acids is 1. The molecule has 1 aliphatic heterocycles. The Labute approximate surface area is 125 Å². The zero-order valence-electron chi connectivity index (χ0n) is 14.8. The summed E-state index contributed by atoms with van der Waals surface area (Å²) in [4.78, 5) is 17.7. The highest BCUT2D eigenvalue weighted by atomic mass is 16.2. The monoisotopic (exact) mass is 282 g/mol. The lowest BCUT2D eigenvalue weighted by Gasteiger charge is -2.60. The molecule has 0 aromatic carbocycles. The van der Waals surface area contributed by atoms with Gasteiger partial charge in [-0.15, -0.1) is 0 Å². The highest BCUT2D eigenvalue weighted by molar-refractivity contribution is 5.88. The van der Waals surface area contributed by atoms with E-state index in [1.165, 1.54) is 0 Å². The zero-order chi connectivity index (χ0) is 15.8. The molecule has 1 heterocycles. The second kappa shape index (κ2) is 5.67. The van der Waals surface area contributed by atoms with Gasteiger partial charge in [0.05, 0.1) is 0 Å². The molecule has 0 spiro atoms. The number of likely N-dealkylation sites (N-methyl/N-ethyl adjacent to an activating group) is 1. The fourth-order valence-corrected chi connectivity index (χ4v) is 3.84. The summed E-state index contributed by atoms with van der Waals surface area (Å²) in [6.45, 7) is 16.1. The number of nitrogens with zero attached hydrogens (tertiary/aromatic N) is 2. The molecule has 0 bridgehead atoms. The fourth-order valence-electron chi connectivity index (χ4n) is 3.84. The molecule has 3 heteroatoms. The summed E-state index contributed by atoms with van der Waals surface area (Å²) in [5, 5.41) is 0. The highest BCUT2D eigenvalue weighted by Crippen LogP contribution is 2.42. The van der Waals surface area contributed by atoms with Crippen LogP contribution in [0, 0.1) is 0 Å². The standard InChI is InChI=1S/C17H34N2O/c1-9-16(10-2)13-19(15(5,6)7)14(20)17(11-3,12-4)18(16)8/h9-13H2,1-8H3. The van der Waals surface area contributed by atoms with Gasteiger partial charge >= 0.3 is 0 Å². The van der Waals surface area contributed by atoms with Crippen molar-refractivity contribution in [1.29, 1.82) is 0 Å². The number of hydrogen-bond acceptors (Lipinski definition) is 2. The predicted octanol–water partition coefficient (Wildman–Crippen LogP) is 3.68. The van der Waals surface area contributed by atoms with Gasteiger partial charge in [-0.05, 0) is 53.5 Å². The Kier molecular flexibility index (Phi) is 4.95. The first kappa shape index (κ1) is 17.5. The maximum atomic E-state index is 13.2. The second-order valence-corrected chi connectivity index (χ2v) is 7.29. The van der Waals surface area contributed by atoms with E-state index in [4.69, 9.17) is 0 Å². The van der Waals surface area contributed by atoms with Crippen molar-refractivity contribution in [3.8, 4) is 0 Å². The van der Waals surface area contributed by atoms with E-state index in [2.05, 4.69) is 65.3 Å². The molecule has 0 atom stereocenters. The van der Waals surface area contributed by atoms with Crippen LogP contribution in [-0.4, -0.2) is 45.9 Å². The fraction of sp³-hybridized carbons (Fsp3) is 0.941. The number of hydrogen-bond donors (Lipinski definition) is 0. The third-order valence-electron chi connectivity index (χ3n) is 5.74. The molecule has 1 aliphatic rings. The quantitative estimate of drug-likeness (QED) is 0.785. The first-order chi connectivity index (χ1) is 9.15. The zero-order valence-corrected chi connectivity index (χ0v) is 14.8. The Morgan fingerprint density at radius 3 is 1.75 bits per heavy atom. The van der Waals surface area contributed by atoms with Crippen molar-refractivity contribution in [1.82, 2.24) is 9.80 Å². The van der Waals surface area contributed by atoms with E-state index >= 15 is 0 Å². The molecule has 0 unspecified atom stereocenters. The molecule has 0 aromatic rings. The minimum absolute atomic E-state index is 0.104. The Balaban J connectivity index is 3.41. The molecule has 0 N–H and O–H groups in total. The maximum absolute atomic E-state index is 13.2. The van der Waals surface area contributed by atoms with Gasteiger partial charge in [-0.3, -0.25) is 9.69 Å². The average Bonchev–Trinajstić information content (AvgIpc) is 2.40. The van der Waals surface area contributed by atoms with Gasteiger partial charge in [0.25, 0.3) is 0 Å². The molecule has 0 radical (unpaired) electrons. The van der Waals surface area contributed by atoms with Crippen molar-refractivity contribution in [2.75, 3.05) is 13.6 Å². The number of piperazine rings is 1. The maximum Gasteiger partial charge on any atom is 0.243 e. The normalized spacial score (nSPS) is 23.2. The first-order valence-corrected chi connectivity index (χ1v) is 8.21. The summed E-state index contributed by atoms with van der Waals surface area (Å²) in [7, 11) is 2.16. The van der Waals surface area contributed by atoms with E-state index in [-0.39, 0.29) is 16.6 Å². The van der Waals surface area contributed by atoms with Gasteiger partial charge in [-0.2, -0.15) is 0 Å². The van der Waals surface area contributed by atoms with Crippen molar-refractivity contribution in [2.45, 2.75) is 90.8 Å². The Morgan fingerprint density at radius 1 is 1.00 bits per heavy atom. The average molecular weight is 282 g/mol. The van der Waals surface area contributed by atoms with Gasteiger partial charge in [0.2, 0.25) is 5.91 Å². The van der Waals surface area contributed by atoms with E-state index in [0.29, 0.717) is 5.91 Å². The van der Waals surface area contributed by atoms with Crippen LogP contribution in [0.15, 0.2) is 0 Å². The molecule has 0 aromatic heterocycles. The molecule has 118 valence electrons. The van der Waals surface area contributed by atoms with Crippen LogP contribution in [-0.2, 0) is 4.79 Å². The van der Waals surface area contributed by atoms with E-state index in [0.717, 1.165) is 32.2 Å². The summed E-state index contributed by atoms with van der Waals surface area (Å²) in [6.07, 6.45) is 3.93. The van der Waals surface area contributed by atoms with Crippen molar-refractivity contribution >= 4 is 5.91 Å². The van der Waals surface area contributed by atoms with Crippen molar-refractivity contribution in [3.05, 3.63) is 0 Å². The van der Waals surface area contributed by atoms with E-state index in [9.17, 15) is 4.79 Å². The summed E-state index contributed by atoms with van der Waals surface area (Å²) in [5.74, 6) is 0.315. The Hall–Kier alpha value is -0.570. The first-order valence-electron chi connectivity index (χ1n) is 8.21. The Bertz CT molecular complexity index is 348. The van der Waals surface area contributed by atoms with Crippen LogP contribution >= 0.6 is 0 Å². The SMILES string of the molecule is CCC1(CC)CN(C(C)(C)C)C(=O)C(CC)(CC)N1C. The van der Waals surface area contributed by atoms with Gasteiger partial charge in [-0.1, -0.05) is 27.7 Å². The molecular weight excluding hydrogens is 248 g/mol. The van der Waals surface area contributed by atoms with E-state index in [1.54, 1.807) is 0 Å². The molecule has 1 saturated heterocycles. The highest BCUT2D eigenvalue weighted by Gasteiger charge is 2.55. The number of carbonyl (C=O) groups is 1. The van der Waals surface area contributed by atoms with Gasteiger partial charge < -0.3 is 4.90 Å². The molecule has 3 nitrogen and oxygen atoms in total.